The smallest absolute Gasteiger partial charge is 0.231 e. The van der Waals surface area contributed by atoms with Crippen LogP contribution in [0.1, 0.15) is 12.8 Å². The van der Waals surface area contributed by atoms with Gasteiger partial charge in [0.05, 0.1) is 16.1 Å². The van der Waals surface area contributed by atoms with Crippen molar-refractivity contribution in [2.75, 3.05) is 11.9 Å². The third kappa shape index (κ3) is 2.03. The molecule has 2 rings (SSSR count). The number of hydrogen-bond donors (Lipinski definition) is 2. The molecule has 1 aromatic rings. The predicted octanol–water partition coefficient (Wildman–Crippen LogP) is 2.16. The summed E-state index contributed by atoms with van der Waals surface area (Å²) in [5, 5.41) is 2.94. The lowest BCUT2D eigenvalue weighted by Crippen LogP contribution is -2.30. The fourth-order valence-electron chi connectivity index (χ4n) is 1.52. The van der Waals surface area contributed by atoms with Gasteiger partial charge in [0.1, 0.15) is 5.82 Å². The van der Waals surface area contributed by atoms with Gasteiger partial charge in [-0.05, 0) is 31.0 Å². The molecule has 0 spiro atoms. The van der Waals surface area contributed by atoms with Gasteiger partial charge in [-0.3, -0.25) is 4.79 Å². The number of carbonyl (C=O) groups excluding carboxylic acids is 1. The highest BCUT2D eigenvalue weighted by Crippen LogP contribution is 2.45. The Bertz CT molecular complexity index is 432. The lowest BCUT2D eigenvalue weighted by atomic mass is 10.1. The highest BCUT2D eigenvalue weighted by molar-refractivity contribution is 6.33. The lowest BCUT2D eigenvalue weighted by molar-refractivity contribution is -0.120. The molecule has 0 unspecified atom stereocenters. The van der Waals surface area contributed by atoms with E-state index in [1.54, 1.807) is 0 Å². The number of halogens is 2. The summed E-state index contributed by atoms with van der Waals surface area (Å²) >= 11 is 5.84. The molecule has 0 atom stereocenters. The van der Waals surface area contributed by atoms with Crippen molar-refractivity contribution in [3.8, 4) is 0 Å². The van der Waals surface area contributed by atoms with Crippen molar-refractivity contribution < 1.29 is 9.18 Å². The Morgan fingerprint density at radius 2 is 2.25 bits per heavy atom. The number of anilines is 1. The van der Waals surface area contributed by atoms with Gasteiger partial charge in [0.15, 0.2) is 0 Å². The van der Waals surface area contributed by atoms with Crippen molar-refractivity contribution in [3.05, 3.63) is 29.0 Å². The van der Waals surface area contributed by atoms with E-state index in [0.29, 0.717) is 17.3 Å². The molecule has 5 heteroatoms. The van der Waals surface area contributed by atoms with Gasteiger partial charge in [0.2, 0.25) is 5.91 Å². The molecule has 86 valence electrons. The van der Waals surface area contributed by atoms with Crippen LogP contribution in [0.2, 0.25) is 5.02 Å². The first kappa shape index (κ1) is 11.4. The Balaban J connectivity index is 2.15. The molecule has 0 aromatic heterocycles. The van der Waals surface area contributed by atoms with Gasteiger partial charge in [0, 0.05) is 6.54 Å². The van der Waals surface area contributed by atoms with E-state index >= 15 is 0 Å². The summed E-state index contributed by atoms with van der Waals surface area (Å²) in [6.07, 6.45) is 1.56. The molecule has 0 saturated heterocycles. The Morgan fingerprint density at radius 3 is 2.81 bits per heavy atom. The Hall–Kier alpha value is -1.13. The summed E-state index contributed by atoms with van der Waals surface area (Å²) in [5.74, 6) is -0.611. The minimum absolute atomic E-state index is 0.178. The summed E-state index contributed by atoms with van der Waals surface area (Å²) in [6, 6.07) is 3.86. The quantitative estimate of drug-likeness (QED) is 0.853. The molecule has 1 aromatic carbocycles. The Kier molecular flexibility index (Phi) is 2.86. The summed E-state index contributed by atoms with van der Waals surface area (Å²) in [7, 11) is 0. The highest BCUT2D eigenvalue weighted by Gasteiger charge is 2.48. The zero-order chi connectivity index (χ0) is 11.8. The van der Waals surface area contributed by atoms with Crippen LogP contribution in [0.25, 0.3) is 0 Å². The molecule has 3 N–H and O–H groups in total. The van der Waals surface area contributed by atoms with Gasteiger partial charge in [-0.25, -0.2) is 4.39 Å². The van der Waals surface area contributed by atoms with E-state index in [-0.39, 0.29) is 5.91 Å². The minimum Gasteiger partial charge on any atom is -0.329 e. The third-order valence-electron chi connectivity index (χ3n) is 2.90. The van der Waals surface area contributed by atoms with E-state index in [2.05, 4.69) is 5.32 Å². The van der Waals surface area contributed by atoms with Crippen LogP contribution in [0.3, 0.4) is 0 Å². The summed E-state index contributed by atoms with van der Waals surface area (Å²) < 4.78 is 13.0. The number of nitrogens with two attached hydrogens (primary N) is 1. The number of amides is 1. The molecule has 16 heavy (non-hydrogen) atoms. The second-order valence-corrected chi connectivity index (χ2v) is 4.47. The molecule has 0 bridgehead atoms. The maximum absolute atomic E-state index is 13.0. The molecular weight excluding hydrogens is 231 g/mol. The summed E-state index contributed by atoms with van der Waals surface area (Å²) in [5.41, 5.74) is 5.36. The predicted molar refractivity (Wildman–Crippen MR) is 60.8 cm³/mol. The maximum Gasteiger partial charge on any atom is 0.231 e. The number of benzene rings is 1. The first-order valence-electron chi connectivity index (χ1n) is 5.04. The fourth-order valence-corrected chi connectivity index (χ4v) is 1.69. The van der Waals surface area contributed by atoms with Crippen molar-refractivity contribution in [3.63, 3.8) is 0 Å². The summed E-state index contributed by atoms with van der Waals surface area (Å²) in [6.45, 7) is 0.311. The van der Waals surface area contributed by atoms with E-state index in [9.17, 15) is 9.18 Å². The van der Waals surface area contributed by atoms with Gasteiger partial charge < -0.3 is 11.1 Å². The summed E-state index contributed by atoms with van der Waals surface area (Å²) in [4.78, 5) is 11.8. The Labute approximate surface area is 97.8 Å². The minimum atomic E-state index is -0.463. The van der Waals surface area contributed by atoms with Crippen LogP contribution >= 0.6 is 11.6 Å². The normalized spacial score (nSPS) is 16.9. The van der Waals surface area contributed by atoms with Crippen molar-refractivity contribution in [1.29, 1.82) is 0 Å². The van der Waals surface area contributed by atoms with Crippen molar-refractivity contribution in [2.24, 2.45) is 11.1 Å². The second kappa shape index (κ2) is 4.03. The topological polar surface area (TPSA) is 55.1 Å². The van der Waals surface area contributed by atoms with Crippen LogP contribution < -0.4 is 11.1 Å². The van der Waals surface area contributed by atoms with Crippen LogP contribution in [-0.2, 0) is 4.79 Å². The van der Waals surface area contributed by atoms with Gasteiger partial charge in [-0.1, -0.05) is 11.6 Å². The molecule has 1 aliphatic rings. The third-order valence-corrected chi connectivity index (χ3v) is 3.23. The van der Waals surface area contributed by atoms with Crippen molar-refractivity contribution >= 4 is 23.2 Å². The Morgan fingerprint density at radius 1 is 1.56 bits per heavy atom. The number of carbonyl (C=O) groups is 1. The van der Waals surface area contributed by atoms with Crippen LogP contribution in [0.15, 0.2) is 18.2 Å². The molecule has 3 nitrogen and oxygen atoms in total. The van der Waals surface area contributed by atoms with Gasteiger partial charge in [0.25, 0.3) is 0 Å². The molecule has 1 aliphatic carbocycles. The van der Waals surface area contributed by atoms with E-state index in [4.69, 9.17) is 17.3 Å². The van der Waals surface area contributed by atoms with E-state index in [1.165, 1.54) is 18.2 Å². The van der Waals surface area contributed by atoms with Gasteiger partial charge in [-0.15, -0.1) is 0 Å². The average Bonchev–Trinajstić information content (AvgIpc) is 3.04. The monoisotopic (exact) mass is 242 g/mol. The molecule has 0 aliphatic heterocycles. The number of hydrogen-bond acceptors (Lipinski definition) is 2. The molecule has 0 heterocycles. The fraction of sp³-hybridized carbons (Fsp3) is 0.364. The van der Waals surface area contributed by atoms with E-state index < -0.39 is 11.2 Å². The van der Waals surface area contributed by atoms with Crippen molar-refractivity contribution in [1.82, 2.24) is 0 Å². The zero-order valence-corrected chi connectivity index (χ0v) is 9.35. The highest BCUT2D eigenvalue weighted by atomic mass is 35.5. The van der Waals surface area contributed by atoms with Crippen LogP contribution in [-0.4, -0.2) is 12.5 Å². The largest absolute Gasteiger partial charge is 0.329 e. The van der Waals surface area contributed by atoms with Crippen LogP contribution in [0, 0.1) is 11.2 Å². The number of rotatable bonds is 3. The maximum atomic E-state index is 13.0. The molecule has 1 saturated carbocycles. The number of nitrogens with one attached hydrogen (secondary N) is 1. The first-order chi connectivity index (χ1) is 7.57. The zero-order valence-electron chi connectivity index (χ0n) is 8.59. The van der Waals surface area contributed by atoms with Crippen LogP contribution in [0.5, 0.6) is 0 Å². The molecule has 1 fully saturated rings. The molecular formula is C11H12ClFN2O. The SMILES string of the molecule is NCC1(C(=O)Nc2cc(F)ccc2Cl)CC1. The van der Waals surface area contributed by atoms with Crippen LogP contribution in [0.4, 0.5) is 10.1 Å². The molecule has 0 radical (unpaired) electrons. The van der Waals surface area contributed by atoms with Gasteiger partial charge >= 0.3 is 0 Å². The molecule has 1 amide bonds. The van der Waals surface area contributed by atoms with Gasteiger partial charge in [-0.2, -0.15) is 0 Å². The average molecular weight is 243 g/mol. The van der Waals surface area contributed by atoms with E-state index in [0.717, 1.165) is 12.8 Å². The van der Waals surface area contributed by atoms with Crippen molar-refractivity contribution in [2.45, 2.75) is 12.8 Å². The first-order valence-corrected chi connectivity index (χ1v) is 5.42. The van der Waals surface area contributed by atoms with E-state index in [1.807, 2.05) is 0 Å². The lowest BCUT2D eigenvalue weighted by Gasteiger charge is -2.13. The second-order valence-electron chi connectivity index (χ2n) is 4.06. The standard InChI is InChI=1S/C11H12ClFN2O/c12-8-2-1-7(13)5-9(8)15-10(16)11(6-14)3-4-11/h1-2,5H,3-4,6,14H2,(H,15,16).